The number of aryl methyl sites for hydroxylation is 2. The van der Waals surface area contributed by atoms with E-state index in [0.717, 1.165) is 109 Å². The Morgan fingerprint density at radius 1 is 0.623 bits per heavy atom. The number of phenols is 2. The van der Waals surface area contributed by atoms with E-state index in [1.54, 1.807) is 24.3 Å². The van der Waals surface area contributed by atoms with Gasteiger partial charge in [0.15, 0.2) is 11.6 Å². The zero-order chi connectivity index (χ0) is 47.0. The van der Waals surface area contributed by atoms with Crippen molar-refractivity contribution < 1.29 is 38.7 Å². The van der Waals surface area contributed by atoms with Crippen LogP contribution in [0.1, 0.15) is 49.7 Å². The minimum Gasteiger partial charge on any atom is -0.507 e. The molecule has 6 heterocycles. The number of aromatic hydroxyl groups is 2. The lowest BCUT2D eigenvalue weighted by Crippen LogP contribution is -2.42. The molecule has 69 heavy (non-hydrogen) atoms. The maximum absolute atomic E-state index is 12.2. The molecule has 4 aliphatic rings. The van der Waals surface area contributed by atoms with Crippen LogP contribution in [0.15, 0.2) is 84.9 Å². The molecule has 4 saturated heterocycles. The molecule has 16 nitrogen and oxygen atoms in total. The summed E-state index contributed by atoms with van der Waals surface area (Å²) in [5, 5.41) is 28.6. The van der Waals surface area contributed by atoms with Crippen molar-refractivity contribution in [1.29, 1.82) is 0 Å². The third kappa shape index (κ3) is 12.2. The van der Waals surface area contributed by atoms with Gasteiger partial charge >= 0.3 is 12.2 Å². The van der Waals surface area contributed by atoms with Gasteiger partial charge in [0, 0.05) is 62.9 Å². The molecular formula is C52H61ClN8O8. The number of phenolic OH excluding ortho intramolecular Hbond substituents is 2. The number of carbonyl (C=O) groups excluding carboxylic acids is 2. The number of nitrogens with zero attached hydrogens (tertiary/aromatic N) is 6. The summed E-state index contributed by atoms with van der Waals surface area (Å²) < 4.78 is 21.4. The number of para-hydroxylation sites is 2. The minimum atomic E-state index is -0.377. The molecule has 0 aliphatic carbocycles. The molecular weight excluding hydrogens is 900 g/mol. The molecule has 0 radical (unpaired) electrons. The third-order valence-electron chi connectivity index (χ3n) is 13.0. The summed E-state index contributed by atoms with van der Waals surface area (Å²) in [6.45, 7) is 10.7. The van der Waals surface area contributed by atoms with E-state index < -0.39 is 0 Å². The molecule has 10 rings (SSSR count). The van der Waals surface area contributed by atoms with Crippen LogP contribution in [0.25, 0.3) is 44.6 Å². The van der Waals surface area contributed by atoms with E-state index in [9.17, 15) is 19.8 Å². The van der Waals surface area contributed by atoms with Crippen molar-refractivity contribution in [3.05, 3.63) is 96.1 Å². The largest absolute Gasteiger partial charge is 0.507 e. The van der Waals surface area contributed by atoms with Gasteiger partial charge in [-0.05, 0) is 111 Å². The summed E-state index contributed by atoms with van der Waals surface area (Å²) in [7, 11) is 0. The first-order valence-corrected chi connectivity index (χ1v) is 23.8. The number of alkyl carbamates (subject to hydrolysis) is 2. The highest BCUT2D eigenvalue weighted by Gasteiger charge is 2.28. The first kappa shape index (κ1) is 48.9. The Morgan fingerprint density at radius 2 is 1.06 bits per heavy atom. The Morgan fingerprint density at radius 3 is 1.46 bits per heavy atom. The number of piperidine rings is 2. The Labute approximate surface area is 408 Å². The Kier molecular flexibility index (Phi) is 16.1. The second-order valence-electron chi connectivity index (χ2n) is 18.3. The fraction of sp³-hybridized carbons (Fsp3) is 0.423. The molecule has 0 bridgehead atoms. The molecule has 4 aliphatic heterocycles. The number of carbonyl (C=O) groups is 2. The molecule has 2 aromatic heterocycles. The first-order valence-electron chi connectivity index (χ1n) is 23.8. The lowest BCUT2D eigenvalue weighted by molar-refractivity contribution is 0.0816. The van der Waals surface area contributed by atoms with E-state index in [1.165, 1.54) is 0 Å². The van der Waals surface area contributed by atoms with Gasteiger partial charge in [0.25, 0.3) is 0 Å². The van der Waals surface area contributed by atoms with Crippen LogP contribution in [0.4, 0.5) is 21.2 Å². The third-order valence-corrected chi connectivity index (χ3v) is 13.0. The SMILES string of the molecule is Cc1ccc2c(N3CCC[C@@H](CNC(=O)O[C@H]4CCOC4)C3)nc(-c3ccccc3O)nc2c1.Cc1ccc2c(N3CCC[C@@H](CNC(=O)O[C@H]4CCOC4)C3)nc(-c3ccccc3O)nc2c1.Cl. The van der Waals surface area contributed by atoms with Crippen LogP contribution < -0.4 is 20.4 Å². The summed E-state index contributed by atoms with van der Waals surface area (Å²) in [6, 6.07) is 26.7. The number of aromatic nitrogens is 4. The van der Waals surface area contributed by atoms with Crippen LogP contribution >= 0.6 is 12.4 Å². The summed E-state index contributed by atoms with van der Waals surface area (Å²) in [5.74, 6) is 3.62. The zero-order valence-electron chi connectivity index (χ0n) is 39.1. The number of nitrogens with one attached hydrogen (secondary N) is 2. The topological polar surface area (TPSA) is 194 Å². The number of halogens is 1. The van der Waals surface area contributed by atoms with E-state index in [1.807, 2.05) is 38.1 Å². The number of anilines is 2. The van der Waals surface area contributed by atoms with E-state index in [2.05, 4.69) is 56.8 Å². The second kappa shape index (κ2) is 22.7. The highest BCUT2D eigenvalue weighted by Crippen LogP contribution is 2.35. The molecule has 4 aromatic carbocycles. The Bertz CT molecular complexity index is 2550. The molecule has 364 valence electrons. The average molecular weight is 962 g/mol. The lowest BCUT2D eigenvalue weighted by Gasteiger charge is -2.34. The van der Waals surface area contributed by atoms with Crippen LogP contribution in [-0.4, -0.2) is 120 Å². The maximum Gasteiger partial charge on any atom is 0.407 e. The van der Waals surface area contributed by atoms with Crippen molar-refractivity contribution in [3.63, 3.8) is 0 Å². The number of fused-ring (bicyclic) bond motifs is 2. The Hall–Kier alpha value is -6.49. The second-order valence-corrected chi connectivity index (χ2v) is 18.3. The van der Waals surface area contributed by atoms with Crippen LogP contribution in [0.2, 0.25) is 0 Å². The number of rotatable bonds is 10. The van der Waals surface area contributed by atoms with E-state index in [0.29, 0.717) is 62.3 Å². The van der Waals surface area contributed by atoms with Gasteiger partial charge in [0.05, 0.1) is 48.6 Å². The smallest absolute Gasteiger partial charge is 0.407 e. The van der Waals surface area contributed by atoms with Crippen molar-refractivity contribution in [1.82, 2.24) is 30.6 Å². The fourth-order valence-electron chi connectivity index (χ4n) is 9.40. The molecule has 0 unspecified atom stereocenters. The van der Waals surface area contributed by atoms with Crippen LogP contribution in [0, 0.1) is 25.7 Å². The predicted octanol–water partition coefficient (Wildman–Crippen LogP) is 8.51. The summed E-state index contributed by atoms with van der Waals surface area (Å²) in [6.07, 6.45) is 4.51. The van der Waals surface area contributed by atoms with Gasteiger partial charge in [-0.1, -0.05) is 36.4 Å². The van der Waals surface area contributed by atoms with Crippen molar-refractivity contribution in [3.8, 4) is 34.3 Å². The highest BCUT2D eigenvalue weighted by molar-refractivity contribution is 5.93. The number of hydrogen-bond acceptors (Lipinski definition) is 14. The first-order chi connectivity index (χ1) is 33.1. The van der Waals surface area contributed by atoms with Gasteiger partial charge in [0.2, 0.25) is 0 Å². The van der Waals surface area contributed by atoms with E-state index >= 15 is 0 Å². The minimum absolute atomic E-state index is 0. The van der Waals surface area contributed by atoms with Crippen molar-refractivity contribution in [2.24, 2.45) is 11.8 Å². The van der Waals surface area contributed by atoms with E-state index in [4.69, 9.17) is 38.9 Å². The van der Waals surface area contributed by atoms with Crippen molar-refractivity contribution >= 4 is 58.0 Å². The van der Waals surface area contributed by atoms with Crippen molar-refractivity contribution in [2.75, 3.05) is 75.5 Å². The summed E-state index contributed by atoms with van der Waals surface area (Å²) in [5.41, 5.74) is 5.17. The average Bonchev–Trinajstić information content (AvgIpc) is 4.07. The summed E-state index contributed by atoms with van der Waals surface area (Å²) >= 11 is 0. The molecule has 4 fully saturated rings. The fourth-order valence-corrected chi connectivity index (χ4v) is 9.40. The number of hydrogen-bond donors (Lipinski definition) is 4. The summed E-state index contributed by atoms with van der Waals surface area (Å²) in [4.78, 5) is 48.3. The molecule has 6 aromatic rings. The van der Waals surface area contributed by atoms with Gasteiger partial charge in [-0.25, -0.2) is 29.5 Å². The zero-order valence-corrected chi connectivity index (χ0v) is 40.0. The van der Waals surface area contributed by atoms with Gasteiger partial charge in [0.1, 0.15) is 35.3 Å². The number of ether oxygens (including phenoxy) is 4. The molecule has 0 saturated carbocycles. The van der Waals surface area contributed by atoms with Gasteiger partial charge in [-0.3, -0.25) is 0 Å². The molecule has 0 spiro atoms. The quantitative estimate of drug-likeness (QED) is 0.102. The Balaban J connectivity index is 0.000000183. The number of benzene rings is 4. The van der Waals surface area contributed by atoms with Gasteiger partial charge < -0.3 is 49.6 Å². The molecule has 17 heteroatoms. The maximum atomic E-state index is 12.2. The normalized spacial score (nSPS) is 20.1. The molecule has 4 atom stereocenters. The standard InChI is InChI=1S/2C26H30N4O4.ClH/c2*1-17-8-9-20-22(13-17)28-24(21-6-2-3-7-23(21)31)29-25(20)30-11-4-5-18(15-30)14-27-26(32)34-19-10-12-33-16-19;/h2*2-3,6-9,13,18-19,31H,4-5,10-12,14-16H2,1H3,(H,27,32);1H/t2*18-,19-;/m00./s1. The van der Waals surface area contributed by atoms with Crippen molar-refractivity contribution in [2.45, 2.75) is 64.6 Å². The van der Waals surface area contributed by atoms with Crippen LogP contribution in [0.3, 0.4) is 0 Å². The van der Waals surface area contributed by atoms with Gasteiger partial charge in [-0.15, -0.1) is 12.4 Å². The lowest BCUT2D eigenvalue weighted by atomic mass is 9.97. The van der Waals surface area contributed by atoms with Crippen LogP contribution in [0.5, 0.6) is 11.5 Å². The highest BCUT2D eigenvalue weighted by atomic mass is 35.5. The predicted molar refractivity (Wildman–Crippen MR) is 267 cm³/mol. The van der Waals surface area contributed by atoms with Gasteiger partial charge in [-0.2, -0.15) is 0 Å². The molecule has 4 N–H and O–H groups in total. The van der Waals surface area contributed by atoms with Crippen LogP contribution in [-0.2, 0) is 18.9 Å². The van der Waals surface area contributed by atoms with E-state index in [-0.39, 0.29) is 60.1 Å². The number of amides is 2. The molecule has 2 amide bonds. The monoisotopic (exact) mass is 960 g/mol.